The lowest BCUT2D eigenvalue weighted by molar-refractivity contribution is -0.0171. The lowest BCUT2D eigenvalue weighted by Gasteiger charge is -2.22. The lowest BCUT2D eigenvalue weighted by atomic mass is 10.0. The summed E-state index contributed by atoms with van der Waals surface area (Å²) in [6, 6.07) is 8.15. The van der Waals surface area contributed by atoms with Crippen LogP contribution in [0.5, 0.6) is 11.6 Å². The number of hydrogen-bond acceptors (Lipinski definition) is 6. The van der Waals surface area contributed by atoms with Crippen molar-refractivity contribution in [2.45, 2.75) is 20.1 Å². The topological polar surface area (TPSA) is 110 Å². The maximum absolute atomic E-state index is 11.3. The van der Waals surface area contributed by atoms with Gasteiger partial charge in [-0.1, -0.05) is 17.7 Å². The van der Waals surface area contributed by atoms with Crippen LogP contribution < -0.4 is 4.74 Å². The molecule has 2 N–H and O–H groups in total. The molecule has 0 radical (unpaired) electrons. The second-order valence-electron chi connectivity index (χ2n) is 6.41. The normalized spacial score (nSPS) is 13.2. The molecular formula is C19H16N2O6. The summed E-state index contributed by atoms with van der Waals surface area (Å²) in [4.78, 5) is 22.6. The Bertz CT molecular complexity index is 1090. The second-order valence-corrected chi connectivity index (χ2v) is 6.41. The van der Waals surface area contributed by atoms with Crippen LogP contribution in [0.3, 0.4) is 0 Å². The number of carbonyl (C=O) groups is 1. The van der Waals surface area contributed by atoms with Crippen LogP contribution in [0.25, 0.3) is 10.9 Å². The van der Waals surface area contributed by atoms with E-state index in [0.717, 1.165) is 16.7 Å². The molecule has 3 aromatic rings. The summed E-state index contributed by atoms with van der Waals surface area (Å²) in [5.74, 6) is -0.744. The number of hydrogen-bond donors (Lipinski definition) is 2. The van der Waals surface area contributed by atoms with Crippen LogP contribution in [-0.4, -0.2) is 27.5 Å². The Morgan fingerprint density at radius 3 is 2.85 bits per heavy atom. The van der Waals surface area contributed by atoms with Gasteiger partial charge in [-0.2, -0.15) is 0 Å². The van der Waals surface area contributed by atoms with Crippen molar-refractivity contribution in [1.82, 2.24) is 4.57 Å². The molecule has 0 bridgehead atoms. The Kier molecular flexibility index (Phi) is 4.04. The van der Waals surface area contributed by atoms with Gasteiger partial charge in [-0.05, 0) is 30.3 Å². The summed E-state index contributed by atoms with van der Waals surface area (Å²) in [6.07, 6.45) is 0. The molecule has 0 saturated heterocycles. The molecule has 0 fully saturated rings. The van der Waals surface area contributed by atoms with Crippen LogP contribution >= 0.6 is 0 Å². The van der Waals surface area contributed by atoms with Gasteiger partial charge in [0.15, 0.2) is 12.5 Å². The Balaban J connectivity index is 1.91. The molecule has 0 unspecified atom stereocenters. The summed E-state index contributed by atoms with van der Waals surface area (Å²) in [5, 5.41) is 23.1. The Labute approximate surface area is 153 Å². The van der Waals surface area contributed by atoms with Gasteiger partial charge in [0.25, 0.3) is 0 Å². The van der Waals surface area contributed by atoms with Crippen molar-refractivity contribution in [3.05, 3.63) is 57.5 Å². The number of aromatic carboxylic acids is 1. The number of carboxylic acid groups (broad SMARTS) is 1. The molecule has 8 nitrogen and oxygen atoms in total. The monoisotopic (exact) mass is 368 g/mol. The van der Waals surface area contributed by atoms with Gasteiger partial charge < -0.3 is 24.3 Å². The average Bonchev–Trinajstić information content (AvgIpc) is 2.92. The fraction of sp³-hybridized carbons (Fsp3) is 0.211. The van der Waals surface area contributed by atoms with Gasteiger partial charge in [-0.3, -0.25) is 0 Å². The van der Waals surface area contributed by atoms with Crippen LogP contribution in [0.15, 0.2) is 35.5 Å². The molecule has 0 amide bonds. The van der Waals surface area contributed by atoms with Gasteiger partial charge in [-0.25, -0.2) is 4.79 Å². The first kappa shape index (κ1) is 17.0. The number of aromatic hydroxyl groups is 1. The SMILES string of the molecule is Cc1cc2c(c(Cn3c(O)c(N=O)c4ccc(C(=O)O)cc43)c1)OCOC2. The molecule has 2 aromatic carbocycles. The van der Waals surface area contributed by atoms with E-state index < -0.39 is 5.97 Å². The molecular weight excluding hydrogens is 352 g/mol. The minimum Gasteiger partial charge on any atom is -0.493 e. The summed E-state index contributed by atoms with van der Waals surface area (Å²) in [7, 11) is 0. The van der Waals surface area contributed by atoms with Gasteiger partial charge in [0.1, 0.15) is 5.75 Å². The van der Waals surface area contributed by atoms with Crippen molar-refractivity contribution in [2.24, 2.45) is 5.18 Å². The minimum atomic E-state index is -1.10. The van der Waals surface area contributed by atoms with E-state index in [-0.39, 0.29) is 30.5 Å². The predicted molar refractivity (Wildman–Crippen MR) is 96.6 cm³/mol. The highest BCUT2D eigenvalue weighted by Crippen LogP contribution is 2.40. The summed E-state index contributed by atoms with van der Waals surface area (Å²) in [5.41, 5.74) is 3.02. The number of benzene rings is 2. The van der Waals surface area contributed by atoms with Gasteiger partial charge >= 0.3 is 5.97 Å². The molecule has 138 valence electrons. The standard InChI is InChI=1S/C19H16N2O6/c1-10-4-12(17-13(5-10)8-26-9-27-17)7-21-15-6-11(19(23)24)2-3-14(15)16(20-25)18(21)22/h2-6,22H,7-9H2,1H3,(H,23,24). The fourth-order valence-corrected chi connectivity index (χ4v) is 3.46. The Morgan fingerprint density at radius 1 is 1.30 bits per heavy atom. The van der Waals surface area contributed by atoms with E-state index in [4.69, 9.17) is 9.47 Å². The number of aromatic nitrogens is 1. The minimum absolute atomic E-state index is 0.0506. The summed E-state index contributed by atoms with van der Waals surface area (Å²) >= 11 is 0. The average molecular weight is 368 g/mol. The molecule has 0 saturated carbocycles. The van der Waals surface area contributed by atoms with E-state index in [1.807, 2.05) is 19.1 Å². The maximum Gasteiger partial charge on any atom is 0.335 e. The van der Waals surface area contributed by atoms with Crippen molar-refractivity contribution >= 4 is 22.6 Å². The van der Waals surface area contributed by atoms with Crippen molar-refractivity contribution < 1.29 is 24.5 Å². The fourth-order valence-electron chi connectivity index (χ4n) is 3.46. The molecule has 1 aromatic heterocycles. The van der Waals surface area contributed by atoms with E-state index in [2.05, 4.69) is 5.18 Å². The smallest absolute Gasteiger partial charge is 0.335 e. The number of nitrogens with zero attached hydrogens (tertiary/aromatic N) is 2. The van der Waals surface area contributed by atoms with Gasteiger partial charge in [0, 0.05) is 16.5 Å². The number of nitroso groups, excluding NO2 is 1. The quantitative estimate of drug-likeness (QED) is 0.680. The number of rotatable bonds is 4. The highest BCUT2D eigenvalue weighted by Gasteiger charge is 2.22. The molecule has 0 aliphatic carbocycles. The third kappa shape index (κ3) is 2.80. The lowest BCUT2D eigenvalue weighted by Crippen LogP contribution is -2.14. The van der Waals surface area contributed by atoms with Gasteiger partial charge in [0.2, 0.25) is 5.88 Å². The Hall–Kier alpha value is -3.39. The number of aryl methyl sites for hydroxylation is 1. The van der Waals surface area contributed by atoms with E-state index in [1.54, 1.807) is 0 Å². The highest BCUT2D eigenvalue weighted by molar-refractivity contribution is 5.99. The zero-order valence-corrected chi connectivity index (χ0v) is 14.4. The third-order valence-corrected chi connectivity index (χ3v) is 4.61. The zero-order chi connectivity index (χ0) is 19.1. The van der Waals surface area contributed by atoms with E-state index in [0.29, 0.717) is 23.3 Å². The van der Waals surface area contributed by atoms with Crippen molar-refractivity contribution in [3.63, 3.8) is 0 Å². The van der Waals surface area contributed by atoms with E-state index in [1.165, 1.54) is 22.8 Å². The number of carboxylic acids is 1. The molecule has 1 aliphatic heterocycles. The van der Waals surface area contributed by atoms with Crippen molar-refractivity contribution in [3.8, 4) is 11.6 Å². The largest absolute Gasteiger partial charge is 0.493 e. The molecule has 27 heavy (non-hydrogen) atoms. The molecule has 1 aliphatic rings. The van der Waals surface area contributed by atoms with Crippen LogP contribution in [0.2, 0.25) is 0 Å². The van der Waals surface area contributed by atoms with Crippen LogP contribution in [0.4, 0.5) is 5.69 Å². The van der Waals surface area contributed by atoms with Gasteiger partial charge in [-0.15, -0.1) is 4.91 Å². The van der Waals surface area contributed by atoms with Crippen LogP contribution in [0.1, 0.15) is 27.0 Å². The van der Waals surface area contributed by atoms with E-state index in [9.17, 15) is 19.9 Å². The zero-order valence-electron chi connectivity index (χ0n) is 14.4. The molecule has 2 heterocycles. The van der Waals surface area contributed by atoms with Crippen molar-refractivity contribution in [1.29, 1.82) is 0 Å². The van der Waals surface area contributed by atoms with E-state index >= 15 is 0 Å². The number of ether oxygens (including phenoxy) is 2. The van der Waals surface area contributed by atoms with Crippen molar-refractivity contribution in [2.75, 3.05) is 6.79 Å². The predicted octanol–water partition coefficient (Wildman–Crippen LogP) is 3.67. The van der Waals surface area contributed by atoms with Crippen LogP contribution in [-0.2, 0) is 17.9 Å². The molecule has 4 rings (SSSR count). The first-order chi connectivity index (χ1) is 13.0. The van der Waals surface area contributed by atoms with Gasteiger partial charge in [0.05, 0.1) is 24.2 Å². The maximum atomic E-state index is 11.3. The molecule has 0 atom stereocenters. The number of fused-ring (bicyclic) bond motifs is 2. The molecule has 0 spiro atoms. The summed E-state index contributed by atoms with van der Waals surface area (Å²) in [6.45, 7) is 2.68. The first-order valence-corrected chi connectivity index (χ1v) is 8.24. The highest BCUT2D eigenvalue weighted by atomic mass is 16.7. The second kappa shape index (κ2) is 6.40. The summed E-state index contributed by atoms with van der Waals surface area (Å²) < 4.78 is 12.4. The third-order valence-electron chi connectivity index (χ3n) is 4.61. The molecule has 8 heteroatoms. The first-order valence-electron chi connectivity index (χ1n) is 8.24. The Morgan fingerprint density at radius 2 is 2.11 bits per heavy atom. The van der Waals surface area contributed by atoms with Crippen LogP contribution in [0, 0.1) is 11.8 Å².